The third kappa shape index (κ3) is 6.40. The minimum absolute atomic E-state index is 0.315. The summed E-state index contributed by atoms with van der Waals surface area (Å²) in [4.78, 5) is 12.8. The van der Waals surface area contributed by atoms with Gasteiger partial charge < -0.3 is 14.4 Å². The Labute approximate surface area is 79.8 Å². The van der Waals surface area contributed by atoms with E-state index in [4.69, 9.17) is 9.47 Å². The highest BCUT2D eigenvalue weighted by Gasteiger charge is 2.18. The van der Waals surface area contributed by atoms with Gasteiger partial charge in [-0.2, -0.15) is 0 Å². The summed E-state index contributed by atoms with van der Waals surface area (Å²) >= 11 is 0. The van der Waals surface area contributed by atoms with Crippen molar-refractivity contribution >= 4 is 6.09 Å². The Bertz CT molecular complexity index is 163. The molecule has 0 aromatic rings. The van der Waals surface area contributed by atoms with Crippen LogP contribution in [0.1, 0.15) is 20.8 Å². The van der Waals surface area contributed by atoms with Crippen LogP contribution in [0.25, 0.3) is 0 Å². The molecule has 0 heterocycles. The molecule has 0 aromatic heterocycles. The second-order valence-electron chi connectivity index (χ2n) is 3.89. The zero-order valence-electron chi connectivity index (χ0n) is 9.09. The molecule has 0 aliphatic heterocycles. The molecule has 4 heteroatoms. The molecule has 0 unspecified atom stereocenters. The molecular weight excluding hydrogens is 170 g/mol. The molecule has 0 aliphatic rings. The normalized spacial score (nSPS) is 11.2. The maximum Gasteiger partial charge on any atom is 0.410 e. The lowest BCUT2D eigenvalue weighted by Crippen LogP contribution is -2.35. The van der Waals surface area contributed by atoms with Crippen LogP contribution in [0.3, 0.4) is 0 Å². The first-order chi connectivity index (χ1) is 5.87. The lowest BCUT2D eigenvalue weighted by atomic mass is 10.2. The van der Waals surface area contributed by atoms with Crippen LogP contribution >= 0.6 is 0 Å². The van der Waals surface area contributed by atoms with Crippen molar-refractivity contribution in [3.63, 3.8) is 0 Å². The Hall–Kier alpha value is -0.770. The van der Waals surface area contributed by atoms with Crippen LogP contribution < -0.4 is 0 Å². The minimum atomic E-state index is -0.432. The van der Waals surface area contributed by atoms with E-state index in [1.54, 1.807) is 14.2 Å². The van der Waals surface area contributed by atoms with Crippen molar-refractivity contribution in [1.82, 2.24) is 4.90 Å². The number of rotatable bonds is 3. The number of likely N-dealkylation sites (N-methyl/N-ethyl adjacent to an activating group) is 1. The summed E-state index contributed by atoms with van der Waals surface area (Å²) in [6, 6.07) is 0. The van der Waals surface area contributed by atoms with Crippen molar-refractivity contribution < 1.29 is 14.3 Å². The fourth-order valence-corrected chi connectivity index (χ4v) is 0.659. The van der Waals surface area contributed by atoms with Crippen LogP contribution in [0.15, 0.2) is 0 Å². The molecule has 78 valence electrons. The molecule has 0 saturated heterocycles. The molecule has 0 aliphatic carbocycles. The van der Waals surface area contributed by atoms with Gasteiger partial charge in [-0.15, -0.1) is 0 Å². The topological polar surface area (TPSA) is 38.8 Å². The summed E-state index contributed by atoms with van der Waals surface area (Å²) < 4.78 is 9.97. The standard InChI is InChI=1S/C9H19NO3/c1-9(2,3)13-8(11)10(4)6-7-12-5/h6-7H2,1-5H3. The Morgan fingerprint density at radius 3 is 2.31 bits per heavy atom. The lowest BCUT2D eigenvalue weighted by molar-refractivity contribution is 0.0256. The van der Waals surface area contributed by atoms with Crippen molar-refractivity contribution in [3.05, 3.63) is 0 Å². The van der Waals surface area contributed by atoms with E-state index < -0.39 is 5.60 Å². The molecule has 0 rings (SSSR count). The molecule has 1 amide bonds. The molecule has 0 atom stereocenters. The van der Waals surface area contributed by atoms with Gasteiger partial charge in [0.15, 0.2) is 0 Å². The fraction of sp³-hybridized carbons (Fsp3) is 0.889. The maximum atomic E-state index is 11.3. The number of nitrogens with zero attached hydrogens (tertiary/aromatic N) is 1. The van der Waals surface area contributed by atoms with E-state index in [0.717, 1.165) is 0 Å². The largest absolute Gasteiger partial charge is 0.444 e. The van der Waals surface area contributed by atoms with Crippen LogP contribution in [0, 0.1) is 0 Å². The van der Waals surface area contributed by atoms with Crippen molar-refractivity contribution in [2.75, 3.05) is 27.3 Å². The predicted molar refractivity (Wildman–Crippen MR) is 50.7 cm³/mol. The molecule has 13 heavy (non-hydrogen) atoms. The third-order valence-electron chi connectivity index (χ3n) is 1.34. The van der Waals surface area contributed by atoms with Gasteiger partial charge >= 0.3 is 6.09 Å². The zero-order valence-corrected chi connectivity index (χ0v) is 9.09. The van der Waals surface area contributed by atoms with E-state index in [0.29, 0.717) is 13.2 Å². The first-order valence-corrected chi connectivity index (χ1v) is 4.30. The Morgan fingerprint density at radius 1 is 1.38 bits per heavy atom. The Balaban J connectivity index is 3.83. The van der Waals surface area contributed by atoms with E-state index in [2.05, 4.69) is 0 Å². The molecule has 0 spiro atoms. The molecule has 0 N–H and O–H groups in total. The van der Waals surface area contributed by atoms with Crippen LogP contribution in [0.4, 0.5) is 4.79 Å². The molecule has 0 bridgehead atoms. The van der Waals surface area contributed by atoms with Crippen molar-refractivity contribution in [2.45, 2.75) is 26.4 Å². The molecule has 0 saturated carbocycles. The quantitative estimate of drug-likeness (QED) is 0.675. The smallest absolute Gasteiger partial charge is 0.410 e. The second-order valence-corrected chi connectivity index (χ2v) is 3.89. The summed E-state index contributed by atoms with van der Waals surface area (Å²) in [6.07, 6.45) is -0.315. The van der Waals surface area contributed by atoms with Gasteiger partial charge in [-0.1, -0.05) is 0 Å². The predicted octanol–water partition coefficient (Wildman–Crippen LogP) is 1.50. The Morgan fingerprint density at radius 2 is 1.92 bits per heavy atom. The second kappa shape index (κ2) is 5.07. The number of methoxy groups -OCH3 is 1. The van der Waals surface area contributed by atoms with Crippen LogP contribution in [-0.4, -0.2) is 43.9 Å². The number of amides is 1. The highest BCUT2D eigenvalue weighted by Crippen LogP contribution is 2.08. The summed E-state index contributed by atoms with van der Waals surface area (Å²) in [5, 5.41) is 0. The van der Waals surface area contributed by atoms with Gasteiger partial charge in [-0.3, -0.25) is 0 Å². The monoisotopic (exact) mass is 189 g/mol. The van der Waals surface area contributed by atoms with Crippen LogP contribution in [0.2, 0.25) is 0 Å². The van der Waals surface area contributed by atoms with Crippen molar-refractivity contribution in [2.24, 2.45) is 0 Å². The first kappa shape index (κ1) is 12.2. The number of carbonyl (C=O) groups excluding carboxylic acids is 1. The van der Waals surface area contributed by atoms with E-state index in [-0.39, 0.29) is 6.09 Å². The lowest BCUT2D eigenvalue weighted by Gasteiger charge is -2.24. The number of hydrogen-bond donors (Lipinski definition) is 0. The molecular formula is C9H19NO3. The number of ether oxygens (including phenoxy) is 2. The SMILES string of the molecule is COCCN(C)C(=O)OC(C)(C)C. The average Bonchev–Trinajstić information content (AvgIpc) is 1.96. The van der Waals surface area contributed by atoms with Crippen molar-refractivity contribution in [1.29, 1.82) is 0 Å². The third-order valence-corrected chi connectivity index (χ3v) is 1.34. The fourth-order valence-electron chi connectivity index (χ4n) is 0.659. The van der Waals surface area contributed by atoms with Crippen LogP contribution in [0.5, 0.6) is 0 Å². The van der Waals surface area contributed by atoms with Gasteiger partial charge in [0.25, 0.3) is 0 Å². The molecule has 0 radical (unpaired) electrons. The van der Waals surface area contributed by atoms with E-state index in [1.807, 2.05) is 20.8 Å². The van der Waals surface area contributed by atoms with E-state index in [9.17, 15) is 4.79 Å². The zero-order chi connectivity index (χ0) is 10.5. The van der Waals surface area contributed by atoms with Gasteiger partial charge in [-0.05, 0) is 20.8 Å². The van der Waals surface area contributed by atoms with Gasteiger partial charge in [0.2, 0.25) is 0 Å². The number of carbonyl (C=O) groups is 1. The first-order valence-electron chi connectivity index (χ1n) is 4.30. The number of hydrogen-bond acceptors (Lipinski definition) is 3. The van der Waals surface area contributed by atoms with Crippen LogP contribution in [-0.2, 0) is 9.47 Å². The van der Waals surface area contributed by atoms with Gasteiger partial charge in [0, 0.05) is 20.7 Å². The molecule has 0 aromatic carbocycles. The summed E-state index contributed by atoms with van der Waals surface area (Å²) in [5.74, 6) is 0. The van der Waals surface area contributed by atoms with Gasteiger partial charge in [0.1, 0.15) is 5.60 Å². The molecule has 4 nitrogen and oxygen atoms in total. The highest BCUT2D eigenvalue weighted by atomic mass is 16.6. The average molecular weight is 189 g/mol. The summed E-state index contributed by atoms with van der Waals surface area (Å²) in [5.41, 5.74) is -0.432. The summed E-state index contributed by atoms with van der Waals surface area (Å²) in [6.45, 7) is 6.60. The highest BCUT2D eigenvalue weighted by molar-refractivity contribution is 5.67. The van der Waals surface area contributed by atoms with Gasteiger partial charge in [0.05, 0.1) is 6.61 Å². The Kier molecular flexibility index (Phi) is 4.77. The van der Waals surface area contributed by atoms with E-state index in [1.165, 1.54) is 4.90 Å². The minimum Gasteiger partial charge on any atom is -0.444 e. The maximum absolute atomic E-state index is 11.3. The van der Waals surface area contributed by atoms with E-state index >= 15 is 0 Å². The van der Waals surface area contributed by atoms with Gasteiger partial charge in [-0.25, -0.2) is 4.79 Å². The molecule has 0 fully saturated rings. The van der Waals surface area contributed by atoms with Crippen molar-refractivity contribution in [3.8, 4) is 0 Å². The summed E-state index contributed by atoms with van der Waals surface area (Å²) in [7, 11) is 3.29.